The second-order valence-corrected chi connectivity index (χ2v) is 14.3. The number of esters is 2. The molecule has 0 amide bonds. The third kappa shape index (κ3) is 38.7. The van der Waals surface area contributed by atoms with Gasteiger partial charge in [-0.1, -0.05) is 140 Å². The maximum Gasteiger partial charge on any atom is 0.509 e. The van der Waals surface area contributed by atoms with Crippen LogP contribution in [0, 0.1) is 0 Å². The molecule has 306 valence electrons. The monoisotopic (exact) mass is 746 g/mol. The number of rotatable bonds is 37. The second-order valence-electron chi connectivity index (χ2n) is 14.3. The normalized spacial score (nSPS) is 12.5. The van der Waals surface area contributed by atoms with E-state index in [1.54, 1.807) is 0 Å². The molecular weight excluding hydrogens is 666 g/mol. The van der Waals surface area contributed by atoms with Crippen molar-refractivity contribution in [3.8, 4) is 0 Å². The van der Waals surface area contributed by atoms with E-state index in [1.165, 1.54) is 77.0 Å². The second kappa shape index (κ2) is 40.3. The van der Waals surface area contributed by atoms with E-state index in [-0.39, 0.29) is 19.8 Å². The van der Waals surface area contributed by atoms with Crippen molar-refractivity contribution in [2.24, 2.45) is 0 Å². The fraction of sp³-hybridized carbons (Fsp3) is 0.756. The molecule has 0 fully saturated rings. The van der Waals surface area contributed by atoms with Gasteiger partial charge in [0, 0.05) is 6.54 Å². The topological polar surface area (TPSA) is 91.4 Å². The van der Waals surface area contributed by atoms with Gasteiger partial charge >= 0.3 is 18.1 Å². The molecule has 0 saturated carbocycles. The summed E-state index contributed by atoms with van der Waals surface area (Å²) in [7, 11) is 3.71. The van der Waals surface area contributed by atoms with E-state index in [0.29, 0.717) is 13.0 Å². The molecule has 0 aliphatic heterocycles. The van der Waals surface area contributed by atoms with Gasteiger partial charge in [0.2, 0.25) is 6.10 Å². The Hall–Kier alpha value is -2.87. The van der Waals surface area contributed by atoms with Crippen LogP contribution < -0.4 is 0 Å². The summed E-state index contributed by atoms with van der Waals surface area (Å²) in [5.74, 6) is -1.34. The van der Waals surface area contributed by atoms with Gasteiger partial charge in [-0.3, -0.25) is 4.79 Å². The summed E-state index contributed by atoms with van der Waals surface area (Å²) in [5, 5.41) is 0. The summed E-state index contributed by atoms with van der Waals surface area (Å²) in [6.07, 6.45) is 42.4. The summed E-state index contributed by atoms with van der Waals surface area (Å²) in [5.41, 5.74) is 0. The Morgan fingerprint density at radius 1 is 0.491 bits per heavy atom. The maximum atomic E-state index is 12.8. The van der Waals surface area contributed by atoms with Crippen LogP contribution in [0.25, 0.3) is 0 Å². The lowest BCUT2D eigenvalue weighted by Gasteiger charge is -2.17. The molecule has 0 aliphatic rings. The van der Waals surface area contributed by atoms with Gasteiger partial charge in [0.15, 0.2) is 0 Å². The summed E-state index contributed by atoms with van der Waals surface area (Å²) in [4.78, 5) is 39.5. The van der Waals surface area contributed by atoms with Crippen LogP contribution in [0.15, 0.2) is 48.6 Å². The molecule has 0 aliphatic carbocycles. The standard InChI is InChI=1S/C45H79NO7/c1-5-7-9-11-13-15-17-19-21-23-25-27-29-31-33-35-38-50-43(47)41-42(53-45(49)52-40-37-46(3)4)44(48)51-39-36-34-32-30-28-26-24-22-20-18-16-14-12-10-8-6-2/h13-16,19-22,42H,5-12,17-18,23-41H2,1-4H3/b15-13-,16-14-,21-19-,22-20-/t42-/m0/s1. The molecule has 0 N–H and O–H groups in total. The highest BCUT2D eigenvalue weighted by molar-refractivity contribution is 5.83. The summed E-state index contributed by atoms with van der Waals surface area (Å²) in [6.45, 7) is 5.57. The van der Waals surface area contributed by atoms with Gasteiger partial charge in [0.05, 0.1) is 19.6 Å². The van der Waals surface area contributed by atoms with Crippen LogP contribution in [-0.4, -0.2) is 69.6 Å². The number of carbonyl (C=O) groups is 3. The van der Waals surface area contributed by atoms with Gasteiger partial charge in [-0.15, -0.1) is 0 Å². The van der Waals surface area contributed by atoms with Gasteiger partial charge in [-0.2, -0.15) is 0 Å². The molecule has 0 radical (unpaired) electrons. The largest absolute Gasteiger partial charge is 0.509 e. The molecule has 8 nitrogen and oxygen atoms in total. The van der Waals surface area contributed by atoms with E-state index in [2.05, 4.69) is 62.5 Å². The lowest BCUT2D eigenvalue weighted by molar-refractivity contribution is -0.161. The van der Waals surface area contributed by atoms with Gasteiger partial charge in [-0.25, -0.2) is 9.59 Å². The molecule has 0 bridgehead atoms. The predicted octanol–water partition coefficient (Wildman–Crippen LogP) is 12.2. The minimum Gasteiger partial charge on any atom is -0.466 e. The Bertz CT molecular complexity index is 972. The van der Waals surface area contributed by atoms with Gasteiger partial charge in [0.1, 0.15) is 6.61 Å². The van der Waals surface area contributed by atoms with E-state index in [0.717, 1.165) is 70.6 Å². The highest BCUT2D eigenvalue weighted by Crippen LogP contribution is 2.12. The van der Waals surface area contributed by atoms with Crippen LogP contribution >= 0.6 is 0 Å². The van der Waals surface area contributed by atoms with E-state index in [1.807, 2.05) is 19.0 Å². The Balaban J connectivity index is 4.20. The quantitative estimate of drug-likeness (QED) is 0.0269. The van der Waals surface area contributed by atoms with Crippen molar-refractivity contribution in [1.29, 1.82) is 0 Å². The Morgan fingerprint density at radius 2 is 0.906 bits per heavy atom. The van der Waals surface area contributed by atoms with Crippen molar-refractivity contribution in [3.05, 3.63) is 48.6 Å². The number of carbonyl (C=O) groups excluding carboxylic acids is 3. The molecule has 1 atom stereocenters. The average Bonchev–Trinajstić information content (AvgIpc) is 3.13. The number of allylic oxidation sites excluding steroid dienone is 8. The van der Waals surface area contributed by atoms with Crippen LogP contribution in [0.5, 0.6) is 0 Å². The van der Waals surface area contributed by atoms with Crippen LogP contribution in [0.4, 0.5) is 4.79 Å². The Labute approximate surface area is 325 Å². The number of hydrogen-bond donors (Lipinski definition) is 0. The molecule has 8 heteroatoms. The third-order valence-corrected chi connectivity index (χ3v) is 8.81. The molecule has 0 aromatic rings. The first-order chi connectivity index (χ1) is 25.9. The molecule has 0 saturated heterocycles. The van der Waals surface area contributed by atoms with Crippen LogP contribution in [0.1, 0.15) is 174 Å². The molecular formula is C45H79NO7. The molecule has 0 heterocycles. The molecule has 0 unspecified atom stereocenters. The van der Waals surface area contributed by atoms with Crippen molar-refractivity contribution in [2.45, 2.75) is 180 Å². The van der Waals surface area contributed by atoms with Gasteiger partial charge < -0.3 is 23.8 Å². The van der Waals surface area contributed by atoms with E-state index in [9.17, 15) is 14.4 Å². The fourth-order valence-corrected chi connectivity index (χ4v) is 5.48. The van der Waals surface area contributed by atoms with E-state index in [4.69, 9.17) is 18.9 Å². The lowest BCUT2D eigenvalue weighted by Crippen LogP contribution is -2.33. The van der Waals surface area contributed by atoms with Crippen LogP contribution in [-0.2, 0) is 28.5 Å². The van der Waals surface area contributed by atoms with Gasteiger partial charge in [-0.05, 0) is 91.1 Å². The average molecular weight is 746 g/mol. The first-order valence-electron chi connectivity index (χ1n) is 21.3. The summed E-state index contributed by atoms with van der Waals surface area (Å²) >= 11 is 0. The van der Waals surface area contributed by atoms with Crippen molar-refractivity contribution in [1.82, 2.24) is 4.90 Å². The number of ether oxygens (including phenoxy) is 4. The number of hydrogen-bond acceptors (Lipinski definition) is 8. The van der Waals surface area contributed by atoms with E-state index < -0.39 is 30.6 Å². The Kier molecular flexibility index (Phi) is 38.1. The predicted molar refractivity (Wildman–Crippen MR) is 220 cm³/mol. The fourth-order valence-electron chi connectivity index (χ4n) is 5.48. The zero-order chi connectivity index (χ0) is 38.9. The highest BCUT2D eigenvalue weighted by atomic mass is 16.7. The van der Waals surface area contributed by atoms with E-state index >= 15 is 0 Å². The molecule has 53 heavy (non-hydrogen) atoms. The number of unbranched alkanes of at least 4 members (excludes halogenated alkanes) is 18. The van der Waals surface area contributed by atoms with Crippen LogP contribution in [0.3, 0.4) is 0 Å². The third-order valence-electron chi connectivity index (χ3n) is 8.81. The highest BCUT2D eigenvalue weighted by Gasteiger charge is 2.29. The maximum absolute atomic E-state index is 12.8. The molecule has 0 spiro atoms. The number of nitrogens with zero attached hydrogens (tertiary/aromatic N) is 1. The molecule has 0 aromatic carbocycles. The van der Waals surface area contributed by atoms with Crippen LogP contribution in [0.2, 0.25) is 0 Å². The molecule has 0 aromatic heterocycles. The minimum atomic E-state index is -1.39. The first kappa shape index (κ1) is 50.1. The smallest absolute Gasteiger partial charge is 0.466 e. The van der Waals surface area contributed by atoms with Gasteiger partial charge in [0.25, 0.3) is 0 Å². The lowest BCUT2D eigenvalue weighted by atomic mass is 10.1. The minimum absolute atomic E-state index is 0.110. The van der Waals surface area contributed by atoms with Crippen molar-refractivity contribution in [2.75, 3.05) is 40.5 Å². The summed E-state index contributed by atoms with van der Waals surface area (Å²) < 4.78 is 21.1. The van der Waals surface area contributed by atoms with Crippen molar-refractivity contribution in [3.63, 3.8) is 0 Å². The SMILES string of the molecule is CCCCC/C=C\C/C=C\CCCCCCCCOC(=O)C[C@H](OC(=O)OCCN(C)C)C(=O)OCCCCCCCC/C=C\C/C=C\CCCCC. The first-order valence-corrected chi connectivity index (χ1v) is 21.3. The van der Waals surface area contributed by atoms with Crippen molar-refractivity contribution < 1.29 is 33.3 Å². The number of likely N-dealkylation sites (N-methyl/N-ethyl adjacent to an activating group) is 1. The van der Waals surface area contributed by atoms with Crippen molar-refractivity contribution >= 4 is 18.1 Å². The molecule has 0 rings (SSSR count). The Morgan fingerprint density at radius 3 is 1.36 bits per heavy atom. The zero-order valence-corrected chi connectivity index (χ0v) is 34.5. The zero-order valence-electron chi connectivity index (χ0n) is 34.5. The summed E-state index contributed by atoms with van der Waals surface area (Å²) in [6, 6.07) is 0.